The second kappa shape index (κ2) is 9.59. The van der Waals surface area contributed by atoms with Crippen LogP contribution in [0.3, 0.4) is 0 Å². The van der Waals surface area contributed by atoms with Crippen LogP contribution < -0.4 is 10.6 Å². The summed E-state index contributed by atoms with van der Waals surface area (Å²) >= 11 is 6.18. The summed E-state index contributed by atoms with van der Waals surface area (Å²) in [5.41, 5.74) is 3.58. The topological polar surface area (TPSA) is 41.1 Å². The Balaban J connectivity index is 1.71. The molecule has 4 heteroatoms. The molecule has 134 valence electrons. The van der Waals surface area contributed by atoms with Crippen LogP contribution in [0.4, 0.5) is 0 Å². The number of carbonyl (C=O) groups is 1. The highest BCUT2D eigenvalue weighted by Crippen LogP contribution is 2.21. The van der Waals surface area contributed by atoms with Crippen molar-refractivity contribution < 1.29 is 4.79 Å². The smallest absolute Gasteiger partial charge is 0.233 e. The first-order valence-corrected chi connectivity index (χ1v) is 9.18. The van der Waals surface area contributed by atoms with E-state index in [4.69, 9.17) is 11.6 Å². The Bertz CT molecular complexity index is 683. The molecule has 0 aliphatic carbocycles. The molecule has 0 saturated carbocycles. The van der Waals surface area contributed by atoms with Crippen molar-refractivity contribution >= 4 is 17.5 Å². The van der Waals surface area contributed by atoms with Gasteiger partial charge in [0.05, 0.1) is 6.54 Å². The third-order valence-corrected chi connectivity index (χ3v) is 4.67. The third kappa shape index (κ3) is 6.18. The van der Waals surface area contributed by atoms with Gasteiger partial charge in [-0.2, -0.15) is 0 Å². The van der Waals surface area contributed by atoms with Crippen molar-refractivity contribution in [3.63, 3.8) is 0 Å². The summed E-state index contributed by atoms with van der Waals surface area (Å²) in [5.74, 6) is 0.539. The maximum absolute atomic E-state index is 12.0. The molecule has 0 aliphatic rings. The van der Waals surface area contributed by atoms with Crippen LogP contribution in [0.25, 0.3) is 0 Å². The number of benzene rings is 2. The van der Waals surface area contributed by atoms with Crippen LogP contribution in [-0.2, 0) is 11.2 Å². The minimum Gasteiger partial charge on any atom is -0.355 e. The summed E-state index contributed by atoms with van der Waals surface area (Å²) in [7, 11) is 0. The number of amides is 1. The van der Waals surface area contributed by atoms with Gasteiger partial charge in [-0.15, -0.1) is 0 Å². The maximum Gasteiger partial charge on any atom is 0.233 e. The fourth-order valence-electron chi connectivity index (χ4n) is 2.66. The van der Waals surface area contributed by atoms with Crippen LogP contribution >= 0.6 is 11.6 Å². The molecule has 2 rings (SSSR count). The molecule has 2 aromatic carbocycles. The highest BCUT2D eigenvalue weighted by molar-refractivity contribution is 6.31. The van der Waals surface area contributed by atoms with Gasteiger partial charge in [-0.25, -0.2) is 0 Å². The molecule has 1 amide bonds. The summed E-state index contributed by atoms with van der Waals surface area (Å²) in [6, 6.07) is 16.3. The Morgan fingerprint density at radius 3 is 2.36 bits per heavy atom. The van der Waals surface area contributed by atoms with Crippen molar-refractivity contribution in [3.8, 4) is 0 Å². The van der Waals surface area contributed by atoms with E-state index < -0.39 is 0 Å². The Hall–Kier alpha value is -1.84. The molecular weight excluding hydrogens is 332 g/mol. The molecule has 2 N–H and O–H groups in total. The fraction of sp³-hybridized carbons (Fsp3) is 0.381. The molecule has 0 aromatic heterocycles. The number of hydrogen-bond acceptors (Lipinski definition) is 2. The van der Waals surface area contributed by atoms with Crippen LogP contribution in [0.5, 0.6) is 0 Å². The van der Waals surface area contributed by atoms with Crippen LogP contribution in [0.1, 0.15) is 49.4 Å². The molecule has 25 heavy (non-hydrogen) atoms. The summed E-state index contributed by atoms with van der Waals surface area (Å²) < 4.78 is 0. The summed E-state index contributed by atoms with van der Waals surface area (Å²) in [5, 5.41) is 6.88. The molecule has 0 saturated heterocycles. The molecule has 1 atom stereocenters. The summed E-state index contributed by atoms with van der Waals surface area (Å²) in [6.07, 6.45) is 0.837. The van der Waals surface area contributed by atoms with E-state index in [0.29, 0.717) is 17.5 Å². The predicted molar refractivity (Wildman–Crippen MR) is 105 cm³/mol. The lowest BCUT2D eigenvalue weighted by atomic mass is 10.0. The molecule has 0 spiro atoms. The minimum absolute atomic E-state index is 0.00213. The molecule has 1 unspecified atom stereocenters. The lowest BCUT2D eigenvalue weighted by Crippen LogP contribution is -2.36. The van der Waals surface area contributed by atoms with E-state index >= 15 is 0 Å². The molecule has 2 aromatic rings. The Kier molecular flexibility index (Phi) is 7.48. The van der Waals surface area contributed by atoms with E-state index in [9.17, 15) is 4.79 Å². The van der Waals surface area contributed by atoms with Gasteiger partial charge < -0.3 is 10.6 Å². The average molecular weight is 359 g/mol. The van der Waals surface area contributed by atoms with Crippen molar-refractivity contribution in [3.05, 3.63) is 70.2 Å². The normalized spacial score (nSPS) is 12.2. The Morgan fingerprint density at radius 2 is 1.72 bits per heavy atom. The first kappa shape index (κ1) is 19.5. The van der Waals surface area contributed by atoms with Crippen molar-refractivity contribution in [1.29, 1.82) is 0 Å². The number of carbonyl (C=O) groups excluding carboxylic acids is 1. The van der Waals surface area contributed by atoms with Gasteiger partial charge in [0.2, 0.25) is 5.91 Å². The SMILES string of the molecule is CC(C)c1ccc(CCNC(=O)CNC(C)c2ccccc2Cl)cc1. The zero-order chi connectivity index (χ0) is 18.2. The zero-order valence-electron chi connectivity index (χ0n) is 15.2. The predicted octanol–water partition coefficient (Wildman–Crippen LogP) is 4.47. The molecule has 3 nitrogen and oxygen atoms in total. The van der Waals surface area contributed by atoms with Crippen LogP contribution in [0.15, 0.2) is 48.5 Å². The van der Waals surface area contributed by atoms with Gasteiger partial charge in [0.15, 0.2) is 0 Å². The van der Waals surface area contributed by atoms with Crippen molar-refractivity contribution in [1.82, 2.24) is 10.6 Å². The Labute approximate surface area is 155 Å². The van der Waals surface area contributed by atoms with Crippen LogP contribution in [-0.4, -0.2) is 19.0 Å². The molecule has 0 radical (unpaired) electrons. The van der Waals surface area contributed by atoms with Gasteiger partial charge in [-0.3, -0.25) is 4.79 Å². The second-order valence-corrected chi connectivity index (χ2v) is 7.03. The highest BCUT2D eigenvalue weighted by Gasteiger charge is 2.10. The van der Waals surface area contributed by atoms with Gasteiger partial charge >= 0.3 is 0 Å². The van der Waals surface area contributed by atoms with Crippen molar-refractivity contribution in [2.75, 3.05) is 13.1 Å². The molecular formula is C21H27ClN2O. The zero-order valence-corrected chi connectivity index (χ0v) is 15.9. The van der Waals surface area contributed by atoms with E-state index in [1.807, 2.05) is 31.2 Å². The van der Waals surface area contributed by atoms with Gasteiger partial charge in [0.1, 0.15) is 0 Å². The van der Waals surface area contributed by atoms with E-state index in [1.54, 1.807) is 0 Å². The lowest BCUT2D eigenvalue weighted by molar-refractivity contribution is -0.120. The molecule has 0 aliphatic heterocycles. The number of nitrogens with one attached hydrogen (secondary N) is 2. The van der Waals surface area contributed by atoms with E-state index in [0.717, 1.165) is 12.0 Å². The van der Waals surface area contributed by atoms with Gasteiger partial charge in [-0.05, 0) is 42.0 Å². The largest absolute Gasteiger partial charge is 0.355 e. The summed E-state index contributed by atoms with van der Waals surface area (Å²) in [6.45, 7) is 7.29. The maximum atomic E-state index is 12.0. The first-order valence-electron chi connectivity index (χ1n) is 8.80. The van der Waals surface area contributed by atoms with Gasteiger partial charge in [-0.1, -0.05) is 67.9 Å². The second-order valence-electron chi connectivity index (χ2n) is 6.62. The van der Waals surface area contributed by atoms with Crippen molar-refractivity contribution in [2.24, 2.45) is 0 Å². The standard InChI is InChI=1S/C21H27ClN2O/c1-15(2)18-10-8-17(9-11-18)12-13-23-21(25)14-24-16(3)19-6-4-5-7-20(19)22/h4-11,15-16,24H,12-14H2,1-3H3,(H,23,25). The highest BCUT2D eigenvalue weighted by atomic mass is 35.5. The van der Waals surface area contributed by atoms with Crippen LogP contribution in [0, 0.1) is 0 Å². The fourth-order valence-corrected chi connectivity index (χ4v) is 2.96. The van der Waals surface area contributed by atoms with E-state index in [-0.39, 0.29) is 18.5 Å². The summed E-state index contributed by atoms with van der Waals surface area (Å²) in [4.78, 5) is 12.0. The third-order valence-electron chi connectivity index (χ3n) is 4.32. The first-order chi connectivity index (χ1) is 12.0. The van der Waals surface area contributed by atoms with Gasteiger partial charge in [0.25, 0.3) is 0 Å². The van der Waals surface area contributed by atoms with E-state index in [1.165, 1.54) is 11.1 Å². The molecule has 0 heterocycles. The van der Waals surface area contributed by atoms with Crippen LogP contribution in [0.2, 0.25) is 5.02 Å². The van der Waals surface area contributed by atoms with E-state index in [2.05, 4.69) is 48.7 Å². The average Bonchev–Trinajstić information content (AvgIpc) is 2.60. The number of halogens is 1. The minimum atomic E-state index is -0.00213. The van der Waals surface area contributed by atoms with Gasteiger partial charge in [0, 0.05) is 17.6 Å². The molecule has 0 fully saturated rings. The monoisotopic (exact) mass is 358 g/mol. The lowest BCUT2D eigenvalue weighted by Gasteiger charge is -2.15. The molecule has 0 bridgehead atoms. The number of rotatable bonds is 8. The number of hydrogen-bond donors (Lipinski definition) is 2. The van der Waals surface area contributed by atoms with Crippen molar-refractivity contribution in [2.45, 2.75) is 39.2 Å². The Morgan fingerprint density at radius 1 is 1.04 bits per heavy atom. The quantitative estimate of drug-likeness (QED) is 0.730.